The van der Waals surface area contributed by atoms with E-state index in [9.17, 15) is 19.1 Å². The third-order valence-electron chi connectivity index (χ3n) is 4.63. The molecule has 0 radical (unpaired) electrons. The Kier molecular flexibility index (Phi) is 5.58. The number of carbonyl (C=O) groups excluding carboxylic acids is 2. The van der Waals surface area contributed by atoms with Crippen molar-refractivity contribution >= 4 is 12.3 Å². The molecular weight excluding hydrogens is 337 g/mol. The fourth-order valence-electron chi connectivity index (χ4n) is 3.20. The van der Waals surface area contributed by atoms with Gasteiger partial charge in [0, 0.05) is 18.3 Å². The van der Waals surface area contributed by atoms with Crippen LogP contribution in [0.3, 0.4) is 0 Å². The highest BCUT2D eigenvalue weighted by molar-refractivity contribution is 5.84. The van der Waals surface area contributed by atoms with Gasteiger partial charge in [-0.3, -0.25) is 14.6 Å². The molecule has 1 aromatic carbocycles. The predicted molar refractivity (Wildman–Crippen MR) is 93.4 cm³/mol. The lowest BCUT2D eigenvalue weighted by Crippen LogP contribution is -2.44. The lowest BCUT2D eigenvalue weighted by atomic mass is 10.0. The highest BCUT2D eigenvalue weighted by Gasteiger charge is 2.30. The summed E-state index contributed by atoms with van der Waals surface area (Å²) in [7, 11) is 0. The fourth-order valence-corrected chi connectivity index (χ4v) is 3.20. The first-order valence-electron chi connectivity index (χ1n) is 8.46. The van der Waals surface area contributed by atoms with Gasteiger partial charge in [0.15, 0.2) is 0 Å². The van der Waals surface area contributed by atoms with E-state index >= 15 is 0 Å². The third kappa shape index (κ3) is 3.72. The summed E-state index contributed by atoms with van der Waals surface area (Å²) in [5.74, 6) is -0.694. The number of carbonyl (C=O) groups is 2. The maximum atomic E-state index is 13.8. The molecule has 0 saturated carbocycles. The summed E-state index contributed by atoms with van der Waals surface area (Å²) in [5, 5.41) is 12.4. The normalized spacial score (nSPS) is 17.8. The molecule has 1 aromatic heterocycles. The monoisotopic (exact) mass is 357 g/mol. The van der Waals surface area contributed by atoms with Gasteiger partial charge in [0.05, 0.1) is 18.8 Å². The first-order chi connectivity index (χ1) is 12.6. The highest BCUT2D eigenvalue weighted by atomic mass is 19.1. The summed E-state index contributed by atoms with van der Waals surface area (Å²) in [6.07, 6.45) is 4.75. The summed E-state index contributed by atoms with van der Waals surface area (Å²) in [6.45, 7) is 0.292. The van der Waals surface area contributed by atoms with E-state index in [-0.39, 0.29) is 12.5 Å². The van der Waals surface area contributed by atoms with Crippen molar-refractivity contribution in [3.05, 3.63) is 54.1 Å². The van der Waals surface area contributed by atoms with Gasteiger partial charge in [-0.2, -0.15) is 0 Å². The van der Waals surface area contributed by atoms with Crippen LogP contribution in [0.1, 0.15) is 24.4 Å². The first-order valence-corrected chi connectivity index (χ1v) is 8.46. The molecule has 2 N–H and O–H groups in total. The Morgan fingerprint density at radius 2 is 2.15 bits per heavy atom. The molecule has 1 aliphatic heterocycles. The minimum Gasteiger partial charge on any atom is -0.394 e. The number of pyridine rings is 1. The Morgan fingerprint density at radius 3 is 2.81 bits per heavy atom. The minimum atomic E-state index is -0.590. The summed E-state index contributed by atoms with van der Waals surface area (Å²) in [6, 6.07) is 7.44. The number of halogens is 1. The maximum absolute atomic E-state index is 13.8. The number of aromatic nitrogens is 1. The van der Waals surface area contributed by atoms with Crippen molar-refractivity contribution < 1.29 is 19.1 Å². The molecule has 2 aromatic rings. The van der Waals surface area contributed by atoms with E-state index in [0.29, 0.717) is 36.1 Å². The Morgan fingerprint density at radius 1 is 1.38 bits per heavy atom. The van der Waals surface area contributed by atoms with Gasteiger partial charge < -0.3 is 15.3 Å². The lowest BCUT2D eigenvalue weighted by molar-refractivity contribution is -0.131. The van der Waals surface area contributed by atoms with Gasteiger partial charge in [0.1, 0.15) is 11.9 Å². The summed E-state index contributed by atoms with van der Waals surface area (Å²) in [5.41, 5.74) is 1.82. The number of amides is 2. The molecule has 7 heteroatoms. The average Bonchev–Trinajstić information content (AvgIpc) is 3.15. The van der Waals surface area contributed by atoms with E-state index in [1.54, 1.807) is 30.3 Å². The van der Waals surface area contributed by atoms with Crippen molar-refractivity contribution in [3.8, 4) is 11.1 Å². The molecule has 1 saturated heterocycles. The van der Waals surface area contributed by atoms with Crippen molar-refractivity contribution in [1.82, 2.24) is 15.2 Å². The van der Waals surface area contributed by atoms with Crippen molar-refractivity contribution in [2.24, 2.45) is 0 Å². The molecule has 1 fully saturated rings. The molecule has 6 nitrogen and oxygen atoms in total. The van der Waals surface area contributed by atoms with E-state index in [2.05, 4.69) is 10.3 Å². The topological polar surface area (TPSA) is 82.5 Å². The number of likely N-dealkylation sites (tertiary alicyclic amines) is 1. The maximum Gasteiger partial charge on any atom is 0.243 e. The van der Waals surface area contributed by atoms with Gasteiger partial charge in [-0.1, -0.05) is 24.3 Å². The lowest BCUT2D eigenvalue weighted by Gasteiger charge is -2.23. The molecule has 0 aliphatic carbocycles. The number of nitrogens with one attached hydrogen (secondary N) is 1. The number of nitrogens with zero attached hydrogens (tertiary/aromatic N) is 2. The Hall–Kier alpha value is -2.80. The van der Waals surface area contributed by atoms with Crippen LogP contribution in [0.4, 0.5) is 4.39 Å². The number of benzene rings is 1. The molecule has 136 valence electrons. The smallest absolute Gasteiger partial charge is 0.243 e. The van der Waals surface area contributed by atoms with Crippen LogP contribution in [0.5, 0.6) is 0 Å². The quantitative estimate of drug-likeness (QED) is 0.771. The van der Waals surface area contributed by atoms with Gasteiger partial charge in [0.25, 0.3) is 0 Å². The summed E-state index contributed by atoms with van der Waals surface area (Å²) >= 11 is 0. The highest BCUT2D eigenvalue weighted by Crippen LogP contribution is 2.24. The molecule has 0 bridgehead atoms. The minimum absolute atomic E-state index is 0.275. The van der Waals surface area contributed by atoms with Gasteiger partial charge in [0.2, 0.25) is 12.3 Å². The van der Waals surface area contributed by atoms with E-state index in [1.165, 1.54) is 11.1 Å². The predicted octanol–water partition coefficient (Wildman–Crippen LogP) is 1.66. The van der Waals surface area contributed by atoms with E-state index in [4.69, 9.17) is 0 Å². The fraction of sp³-hybridized carbons (Fsp3) is 0.316. The molecule has 2 heterocycles. The number of rotatable bonds is 6. The average molecular weight is 357 g/mol. The Labute approximate surface area is 150 Å². The van der Waals surface area contributed by atoms with Gasteiger partial charge in [-0.15, -0.1) is 0 Å². The number of hydrogen-bond acceptors (Lipinski definition) is 4. The summed E-state index contributed by atoms with van der Waals surface area (Å²) < 4.78 is 13.8. The van der Waals surface area contributed by atoms with Gasteiger partial charge in [-0.05, 0) is 30.0 Å². The number of aliphatic hydroxyl groups is 1. The second-order valence-electron chi connectivity index (χ2n) is 6.22. The van der Waals surface area contributed by atoms with Crippen molar-refractivity contribution in [2.45, 2.75) is 24.9 Å². The summed E-state index contributed by atoms with van der Waals surface area (Å²) in [4.78, 5) is 28.6. The van der Waals surface area contributed by atoms with Crippen LogP contribution in [-0.4, -0.2) is 46.5 Å². The van der Waals surface area contributed by atoms with Gasteiger partial charge in [-0.25, -0.2) is 4.39 Å². The molecule has 2 amide bonds. The van der Waals surface area contributed by atoms with Crippen LogP contribution >= 0.6 is 0 Å². The van der Waals surface area contributed by atoms with E-state index < -0.39 is 17.9 Å². The molecule has 2 atom stereocenters. The molecule has 3 rings (SSSR count). The molecule has 0 spiro atoms. The number of hydrogen-bond donors (Lipinski definition) is 2. The van der Waals surface area contributed by atoms with Crippen LogP contribution in [0.15, 0.2) is 42.7 Å². The standard InChI is InChI=1S/C19H20FN3O3/c20-16-10-21-8-7-15(16)13-3-5-14(6-4-13)17(11-24)22-19(26)18-2-1-9-23(18)12-25/h3-8,10,12,17-18,24H,1-2,9,11H2,(H,22,26). The van der Waals surface area contributed by atoms with Crippen molar-refractivity contribution in [1.29, 1.82) is 0 Å². The van der Waals surface area contributed by atoms with Crippen molar-refractivity contribution in [2.75, 3.05) is 13.2 Å². The van der Waals surface area contributed by atoms with E-state index in [0.717, 1.165) is 12.6 Å². The zero-order valence-electron chi connectivity index (χ0n) is 14.1. The Bertz CT molecular complexity index is 782. The molecule has 26 heavy (non-hydrogen) atoms. The van der Waals surface area contributed by atoms with Crippen LogP contribution < -0.4 is 5.32 Å². The van der Waals surface area contributed by atoms with Gasteiger partial charge >= 0.3 is 0 Å². The number of aliphatic hydroxyl groups excluding tert-OH is 1. The molecular formula is C19H20FN3O3. The zero-order valence-corrected chi connectivity index (χ0v) is 14.1. The van der Waals surface area contributed by atoms with Crippen molar-refractivity contribution in [3.63, 3.8) is 0 Å². The van der Waals surface area contributed by atoms with Crippen LogP contribution in [0, 0.1) is 5.82 Å². The molecule has 2 unspecified atom stereocenters. The van der Waals surface area contributed by atoms with E-state index in [1.807, 2.05) is 0 Å². The zero-order chi connectivity index (χ0) is 18.5. The van der Waals surface area contributed by atoms with Crippen LogP contribution in [0.2, 0.25) is 0 Å². The second-order valence-corrected chi connectivity index (χ2v) is 6.22. The van der Waals surface area contributed by atoms with Crippen LogP contribution in [-0.2, 0) is 9.59 Å². The second kappa shape index (κ2) is 8.05. The first kappa shape index (κ1) is 18.0. The van der Waals surface area contributed by atoms with Crippen LogP contribution in [0.25, 0.3) is 11.1 Å². The SMILES string of the molecule is O=CN1CCCC1C(=O)NC(CO)c1ccc(-c2ccncc2F)cc1. The Balaban J connectivity index is 1.73. The molecule has 1 aliphatic rings. The third-order valence-corrected chi connectivity index (χ3v) is 4.63. The largest absolute Gasteiger partial charge is 0.394 e.